The van der Waals surface area contributed by atoms with Crippen LogP contribution in [0.25, 0.3) is 32.8 Å². The number of rotatable bonds is 0. The van der Waals surface area contributed by atoms with Gasteiger partial charge in [0.2, 0.25) is 0 Å². The van der Waals surface area contributed by atoms with Crippen LogP contribution >= 0.6 is 0 Å². The van der Waals surface area contributed by atoms with Gasteiger partial charge in [-0.15, -0.1) is 0 Å². The number of fused-ring (bicyclic) bond motifs is 3. The molecule has 0 aliphatic rings. The molecular formula is C17H12N2. The van der Waals surface area contributed by atoms with E-state index in [0.717, 1.165) is 0 Å². The predicted molar refractivity (Wildman–Crippen MR) is 79.3 cm³/mol. The van der Waals surface area contributed by atoms with E-state index < -0.39 is 0 Å². The molecular weight excluding hydrogens is 232 g/mol. The summed E-state index contributed by atoms with van der Waals surface area (Å²) in [5.74, 6) is 0. The van der Waals surface area contributed by atoms with Crippen molar-refractivity contribution in [3.8, 4) is 0 Å². The SMILES string of the molecule is Cc1cn2c3ccccc3n3ccc4ccc1c2c43. The largest absolute Gasteiger partial charge is 0.313 e. The molecule has 0 N–H and O–H groups in total. The lowest BCUT2D eigenvalue weighted by molar-refractivity contribution is 1.19. The molecule has 0 bridgehead atoms. The van der Waals surface area contributed by atoms with Gasteiger partial charge in [-0.05, 0) is 30.7 Å². The smallest absolute Gasteiger partial charge is 0.0780 e. The van der Waals surface area contributed by atoms with E-state index in [4.69, 9.17) is 0 Å². The highest BCUT2D eigenvalue weighted by molar-refractivity contribution is 6.09. The molecule has 0 atom stereocenters. The van der Waals surface area contributed by atoms with Crippen LogP contribution in [0.1, 0.15) is 5.56 Å². The van der Waals surface area contributed by atoms with Gasteiger partial charge < -0.3 is 8.80 Å². The molecule has 0 spiro atoms. The third-order valence-corrected chi connectivity index (χ3v) is 4.22. The van der Waals surface area contributed by atoms with Crippen LogP contribution in [-0.4, -0.2) is 8.80 Å². The first-order valence-electron chi connectivity index (χ1n) is 6.56. The van der Waals surface area contributed by atoms with E-state index in [9.17, 15) is 0 Å². The zero-order chi connectivity index (χ0) is 12.6. The van der Waals surface area contributed by atoms with Crippen LogP contribution in [-0.2, 0) is 0 Å². The molecule has 0 unspecified atom stereocenters. The minimum Gasteiger partial charge on any atom is -0.313 e. The van der Waals surface area contributed by atoms with Gasteiger partial charge in [0.25, 0.3) is 0 Å². The van der Waals surface area contributed by atoms with Gasteiger partial charge in [0.15, 0.2) is 0 Å². The highest BCUT2D eigenvalue weighted by Crippen LogP contribution is 2.33. The first-order chi connectivity index (χ1) is 9.34. The van der Waals surface area contributed by atoms with E-state index in [0.29, 0.717) is 0 Å². The quantitative estimate of drug-likeness (QED) is 0.360. The Morgan fingerprint density at radius 3 is 2.42 bits per heavy atom. The van der Waals surface area contributed by atoms with Gasteiger partial charge in [-0.1, -0.05) is 24.3 Å². The van der Waals surface area contributed by atoms with Gasteiger partial charge in [0.1, 0.15) is 0 Å². The van der Waals surface area contributed by atoms with Crippen LogP contribution < -0.4 is 0 Å². The fourth-order valence-corrected chi connectivity index (χ4v) is 3.36. The monoisotopic (exact) mass is 244 g/mol. The Bertz CT molecular complexity index is 1060. The summed E-state index contributed by atoms with van der Waals surface area (Å²) < 4.78 is 4.65. The predicted octanol–water partition coefficient (Wildman–Crippen LogP) is 4.24. The fraction of sp³-hybridized carbons (Fsp3) is 0.0588. The summed E-state index contributed by atoms with van der Waals surface area (Å²) in [6.07, 6.45) is 4.42. The van der Waals surface area contributed by atoms with Crippen molar-refractivity contribution < 1.29 is 0 Å². The number of benzene rings is 2. The second-order valence-electron chi connectivity index (χ2n) is 5.26. The number of aromatic nitrogens is 2. The van der Waals surface area contributed by atoms with Crippen LogP contribution in [0, 0.1) is 6.92 Å². The Morgan fingerprint density at radius 1 is 0.789 bits per heavy atom. The Balaban J connectivity index is 2.34. The molecule has 0 fully saturated rings. The van der Waals surface area contributed by atoms with Crippen molar-refractivity contribution in [1.82, 2.24) is 8.80 Å². The van der Waals surface area contributed by atoms with E-state index in [-0.39, 0.29) is 0 Å². The van der Waals surface area contributed by atoms with Gasteiger partial charge >= 0.3 is 0 Å². The number of aryl methyl sites for hydroxylation is 1. The normalized spacial score (nSPS) is 12.5. The average molecular weight is 244 g/mol. The fourth-order valence-electron chi connectivity index (χ4n) is 3.36. The Hall–Kier alpha value is -2.48. The molecule has 3 heterocycles. The standard InChI is InChI=1S/C17H12N2/c1-11-10-19-15-5-3-2-4-14(15)18-9-8-12-6-7-13(11)17(19)16(12)18/h2-10H,1H3. The van der Waals surface area contributed by atoms with E-state index >= 15 is 0 Å². The lowest BCUT2D eigenvalue weighted by Gasteiger charge is -2.09. The summed E-state index contributed by atoms with van der Waals surface area (Å²) >= 11 is 0. The highest BCUT2D eigenvalue weighted by Gasteiger charge is 2.14. The molecule has 0 radical (unpaired) electrons. The second-order valence-corrected chi connectivity index (χ2v) is 5.26. The van der Waals surface area contributed by atoms with Crippen LogP contribution in [0.5, 0.6) is 0 Å². The molecule has 0 saturated heterocycles. The Labute approximate surface area is 109 Å². The summed E-state index contributed by atoms with van der Waals surface area (Å²) in [5.41, 5.74) is 6.51. The van der Waals surface area contributed by atoms with E-state index in [2.05, 4.69) is 70.6 Å². The minimum absolute atomic E-state index is 1.26. The van der Waals surface area contributed by atoms with E-state index in [1.807, 2.05) is 0 Å². The topological polar surface area (TPSA) is 8.82 Å². The number of hydrogen-bond donors (Lipinski definition) is 0. The van der Waals surface area contributed by atoms with Crippen molar-refractivity contribution in [3.63, 3.8) is 0 Å². The van der Waals surface area contributed by atoms with Crippen molar-refractivity contribution in [2.24, 2.45) is 0 Å². The molecule has 0 saturated carbocycles. The molecule has 2 aromatic carbocycles. The molecule has 19 heavy (non-hydrogen) atoms. The van der Waals surface area contributed by atoms with Crippen molar-refractivity contribution >= 4 is 32.8 Å². The number of para-hydroxylation sites is 2. The summed E-state index contributed by atoms with van der Waals surface area (Å²) in [4.78, 5) is 0. The maximum absolute atomic E-state index is 2.34. The molecule has 2 nitrogen and oxygen atoms in total. The third-order valence-electron chi connectivity index (χ3n) is 4.22. The molecule has 90 valence electrons. The lowest BCUT2D eigenvalue weighted by Crippen LogP contribution is -1.94. The summed E-state index contributed by atoms with van der Waals surface area (Å²) in [6.45, 7) is 2.19. The molecule has 0 aliphatic heterocycles. The van der Waals surface area contributed by atoms with Crippen molar-refractivity contribution in [2.45, 2.75) is 6.92 Å². The zero-order valence-corrected chi connectivity index (χ0v) is 10.6. The molecule has 5 aromatic rings. The Kier molecular flexibility index (Phi) is 1.45. The number of nitrogens with zero attached hydrogens (tertiary/aromatic N) is 2. The van der Waals surface area contributed by atoms with Gasteiger partial charge in [0.05, 0.1) is 22.1 Å². The second kappa shape index (κ2) is 2.91. The van der Waals surface area contributed by atoms with Crippen LogP contribution in [0.2, 0.25) is 0 Å². The first-order valence-corrected chi connectivity index (χ1v) is 6.56. The minimum atomic E-state index is 1.26. The van der Waals surface area contributed by atoms with Crippen LogP contribution in [0.15, 0.2) is 54.9 Å². The molecule has 0 amide bonds. The van der Waals surface area contributed by atoms with Crippen LogP contribution in [0.3, 0.4) is 0 Å². The Morgan fingerprint density at radius 2 is 1.58 bits per heavy atom. The van der Waals surface area contributed by atoms with Gasteiger partial charge in [-0.3, -0.25) is 0 Å². The molecule has 0 aliphatic carbocycles. The van der Waals surface area contributed by atoms with Gasteiger partial charge in [-0.2, -0.15) is 0 Å². The summed E-state index contributed by atoms with van der Waals surface area (Å²) in [7, 11) is 0. The molecule has 2 heteroatoms. The maximum Gasteiger partial charge on any atom is 0.0780 e. The maximum atomic E-state index is 2.34. The van der Waals surface area contributed by atoms with Crippen molar-refractivity contribution in [3.05, 3.63) is 60.4 Å². The zero-order valence-electron chi connectivity index (χ0n) is 10.6. The lowest BCUT2D eigenvalue weighted by atomic mass is 10.1. The average Bonchev–Trinajstić information content (AvgIpc) is 3.00. The highest BCUT2D eigenvalue weighted by atomic mass is 15.0. The van der Waals surface area contributed by atoms with Gasteiger partial charge in [0, 0.05) is 23.2 Å². The summed E-state index contributed by atoms with van der Waals surface area (Å²) in [6, 6.07) is 15.2. The molecule has 3 aromatic heterocycles. The van der Waals surface area contributed by atoms with E-state index in [1.54, 1.807) is 0 Å². The van der Waals surface area contributed by atoms with Gasteiger partial charge in [-0.25, -0.2) is 0 Å². The molecule has 5 rings (SSSR count). The van der Waals surface area contributed by atoms with Crippen molar-refractivity contribution in [1.29, 1.82) is 0 Å². The third kappa shape index (κ3) is 0.954. The first kappa shape index (κ1) is 9.45. The number of hydrogen-bond acceptors (Lipinski definition) is 0. The van der Waals surface area contributed by atoms with E-state index in [1.165, 1.54) is 38.4 Å². The summed E-state index contributed by atoms with van der Waals surface area (Å²) in [5, 5.41) is 2.66. The van der Waals surface area contributed by atoms with Crippen molar-refractivity contribution in [2.75, 3.05) is 0 Å². The van der Waals surface area contributed by atoms with Crippen LogP contribution in [0.4, 0.5) is 0 Å².